The number of hydrogen-bond acceptors (Lipinski definition) is 4. The number of carbonyl (C=O) groups excluding carboxylic acids is 1. The van der Waals surface area contributed by atoms with Crippen molar-refractivity contribution in [3.8, 4) is 0 Å². The molecule has 0 atom stereocenters. The smallest absolute Gasteiger partial charge is 0.333 e. The molecule has 1 saturated heterocycles. The second-order valence-corrected chi connectivity index (χ2v) is 7.70. The lowest BCUT2D eigenvalue weighted by atomic mass is 10.1. The highest BCUT2D eigenvalue weighted by atomic mass is 19.4. The van der Waals surface area contributed by atoms with Gasteiger partial charge in [0.05, 0.1) is 17.8 Å². The summed E-state index contributed by atoms with van der Waals surface area (Å²) in [6.07, 6.45) is -0.0624. The maximum absolute atomic E-state index is 12.9. The zero-order valence-corrected chi connectivity index (χ0v) is 16.2. The molecule has 2 aliphatic heterocycles. The highest BCUT2D eigenvalue weighted by Crippen LogP contribution is 2.29. The van der Waals surface area contributed by atoms with Crippen LogP contribution in [-0.2, 0) is 25.8 Å². The lowest BCUT2D eigenvalue weighted by Crippen LogP contribution is -2.32. The van der Waals surface area contributed by atoms with Crippen LogP contribution in [0.4, 0.5) is 13.2 Å². The number of likely N-dealkylation sites (tertiary alicyclic amines) is 1. The summed E-state index contributed by atoms with van der Waals surface area (Å²) in [5.41, 5.74) is 1.32. The van der Waals surface area contributed by atoms with E-state index in [1.807, 2.05) is 4.68 Å². The largest absolute Gasteiger partial charge is 0.416 e. The third kappa shape index (κ3) is 4.44. The fourth-order valence-electron chi connectivity index (χ4n) is 4.00. The number of aromatic nitrogens is 3. The minimum Gasteiger partial charge on any atom is -0.333 e. The number of nitrogens with zero attached hydrogens (tertiary/aromatic N) is 5. The molecular weight excluding hydrogens is 383 g/mol. The van der Waals surface area contributed by atoms with E-state index in [0.717, 1.165) is 49.6 Å². The quantitative estimate of drug-likeness (QED) is 0.783. The molecule has 0 unspecified atom stereocenters. The van der Waals surface area contributed by atoms with Gasteiger partial charge in [-0.1, -0.05) is 11.6 Å². The molecule has 1 aromatic carbocycles. The Kier molecular flexibility index (Phi) is 5.58. The topological polar surface area (TPSA) is 54.3 Å². The number of rotatable bonds is 3. The maximum atomic E-state index is 12.9. The number of hydrogen-bond donors (Lipinski definition) is 0. The predicted molar refractivity (Wildman–Crippen MR) is 100.0 cm³/mol. The van der Waals surface area contributed by atoms with Crippen LogP contribution in [0.5, 0.6) is 0 Å². The average molecular weight is 407 g/mol. The number of piperidine rings is 1. The lowest BCUT2D eigenvalue weighted by molar-refractivity contribution is -0.137. The van der Waals surface area contributed by atoms with E-state index >= 15 is 0 Å². The van der Waals surface area contributed by atoms with E-state index < -0.39 is 11.7 Å². The standard InChI is InChI=1S/C20H24F3N5O/c21-20(22,23)16-7-5-15(6-8-16)19(29)27-11-4-12-28-18(14-27)17(24-25-28)13-26-9-2-1-3-10-26/h5-8H,1-4,9-14H2. The van der Waals surface area contributed by atoms with Crippen molar-refractivity contribution in [2.24, 2.45) is 0 Å². The Morgan fingerprint density at radius 1 is 0.966 bits per heavy atom. The molecule has 29 heavy (non-hydrogen) atoms. The molecule has 1 amide bonds. The first kappa shape index (κ1) is 19.9. The molecule has 3 heterocycles. The average Bonchev–Trinajstić information content (AvgIpc) is 2.95. The van der Waals surface area contributed by atoms with Crippen molar-refractivity contribution in [1.82, 2.24) is 24.8 Å². The highest BCUT2D eigenvalue weighted by molar-refractivity contribution is 5.94. The number of fused-ring (bicyclic) bond motifs is 1. The van der Waals surface area contributed by atoms with Crippen LogP contribution < -0.4 is 0 Å². The third-order valence-corrected chi connectivity index (χ3v) is 5.63. The van der Waals surface area contributed by atoms with Crippen LogP contribution in [0, 0.1) is 0 Å². The van der Waals surface area contributed by atoms with Gasteiger partial charge in [0, 0.05) is 25.2 Å². The Balaban J connectivity index is 1.50. The van der Waals surface area contributed by atoms with E-state index in [-0.39, 0.29) is 11.5 Å². The van der Waals surface area contributed by atoms with Crippen LogP contribution in [-0.4, -0.2) is 50.3 Å². The molecule has 9 heteroatoms. The number of amides is 1. The third-order valence-electron chi connectivity index (χ3n) is 5.63. The summed E-state index contributed by atoms with van der Waals surface area (Å²) >= 11 is 0. The predicted octanol–water partition coefficient (Wildman–Crippen LogP) is 3.33. The van der Waals surface area contributed by atoms with Gasteiger partial charge in [0.1, 0.15) is 5.69 Å². The van der Waals surface area contributed by atoms with Crippen LogP contribution in [0.15, 0.2) is 24.3 Å². The molecule has 0 aliphatic carbocycles. The van der Waals surface area contributed by atoms with Gasteiger partial charge in [-0.2, -0.15) is 13.2 Å². The molecule has 6 nitrogen and oxygen atoms in total. The van der Waals surface area contributed by atoms with Crippen LogP contribution in [0.1, 0.15) is 53.0 Å². The van der Waals surface area contributed by atoms with Crippen LogP contribution in [0.2, 0.25) is 0 Å². The van der Waals surface area contributed by atoms with Crippen LogP contribution in [0.25, 0.3) is 0 Å². The Morgan fingerprint density at radius 3 is 2.38 bits per heavy atom. The summed E-state index contributed by atoms with van der Waals surface area (Å²) < 4.78 is 40.2. The fourth-order valence-corrected chi connectivity index (χ4v) is 4.00. The van der Waals surface area contributed by atoms with Gasteiger partial charge in [-0.05, 0) is 56.6 Å². The number of aryl methyl sites for hydroxylation is 1. The molecule has 0 spiro atoms. The van der Waals surface area contributed by atoms with Gasteiger partial charge >= 0.3 is 6.18 Å². The van der Waals surface area contributed by atoms with E-state index in [1.54, 1.807) is 4.90 Å². The maximum Gasteiger partial charge on any atom is 0.416 e. The molecule has 1 aromatic heterocycles. The molecule has 0 radical (unpaired) electrons. The monoisotopic (exact) mass is 407 g/mol. The van der Waals surface area contributed by atoms with Crippen molar-refractivity contribution in [3.05, 3.63) is 46.8 Å². The minimum absolute atomic E-state index is 0.261. The van der Waals surface area contributed by atoms with Gasteiger partial charge in [-0.25, -0.2) is 4.68 Å². The first-order valence-corrected chi connectivity index (χ1v) is 10.0. The van der Waals surface area contributed by atoms with Gasteiger partial charge in [-0.15, -0.1) is 5.10 Å². The molecular formula is C20H24F3N5O. The summed E-state index contributed by atoms with van der Waals surface area (Å²) in [6, 6.07) is 4.41. The highest BCUT2D eigenvalue weighted by Gasteiger charge is 2.31. The number of halogens is 3. The van der Waals surface area contributed by atoms with Crippen LogP contribution >= 0.6 is 0 Å². The normalized spacial score (nSPS) is 18.4. The fraction of sp³-hybridized carbons (Fsp3) is 0.550. The Hall–Kier alpha value is -2.42. The summed E-state index contributed by atoms with van der Waals surface area (Å²) in [6.45, 7) is 4.39. The van der Waals surface area contributed by atoms with E-state index in [1.165, 1.54) is 31.4 Å². The van der Waals surface area contributed by atoms with Gasteiger partial charge in [0.2, 0.25) is 0 Å². The summed E-state index contributed by atoms with van der Waals surface area (Å²) in [5, 5.41) is 8.61. The molecule has 2 aromatic rings. The van der Waals surface area contributed by atoms with Gasteiger partial charge in [0.25, 0.3) is 5.91 Å². The van der Waals surface area contributed by atoms with Gasteiger partial charge < -0.3 is 4.90 Å². The van der Waals surface area contributed by atoms with E-state index in [4.69, 9.17) is 0 Å². The molecule has 1 fully saturated rings. The van der Waals surface area contributed by atoms with Crippen molar-refractivity contribution in [3.63, 3.8) is 0 Å². The van der Waals surface area contributed by atoms with Crippen molar-refractivity contribution >= 4 is 5.91 Å². The zero-order chi connectivity index (χ0) is 20.4. The Morgan fingerprint density at radius 2 is 1.69 bits per heavy atom. The summed E-state index contributed by atoms with van der Waals surface area (Å²) in [5.74, 6) is -0.266. The van der Waals surface area contributed by atoms with E-state index in [2.05, 4.69) is 15.2 Å². The lowest BCUT2D eigenvalue weighted by Gasteiger charge is -2.26. The van der Waals surface area contributed by atoms with Crippen LogP contribution in [0.3, 0.4) is 0 Å². The second kappa shape index (κ2) is 8.14. The van der Waals surface area contributed by atoms with Gasteiger partial charge in [-0.3, -0.25) is 9.69 Å². The number of benzene rings is 1. The SMILES string of the molecule is O=C(c1ccc(C(F)(F)F)cc1)N1CCCn2nnc(CN3CCCCC3)c2C1. The number of carbonyl (C=O) groups is 1. The molecule has 156 valence electrons. The Labute approximate surface area is 167 Å². The summed E-state index contributed by atoms with van der Waals surface area (Å²) in [4.78, 5) is 17.0. The van der Waals surface area contributed by atoms with E-state index in [9.17, 15) is 18.0 Å². The molecule has 2 aliphatic rings. The molecule has 4 rings (SSSR count). The first-order chi connectivity index (χ1) is 13.9. The second-order valence-electron chi connectivity index (χ2n) is 7.70. The van der Waals surface area contributed by atoms with Gasteiger partial charge in [0.15, 0.2) is 0 Å². The van der Waals surface area contributed by atoms with Crippen molar-refractivity contribution in [1.29, 1.82) is 0 Å². The molecule has 0 bridgehead atoms. The minimum atomic E-state index is -4.41. The van der Waals surface area contributed by atoms with Crippen molar-refractivity contribution in [2.45, 2.75) is 51.5 Å². The first-order valence-electron chi connectivity index (χ1n) is 10.0. The summed E-state index contributed by atoms with van der Waals surface area (Å²) in [7, 11) is 0. The molecule has 0 saturated carbocycles. The number of alkyl halides is 3. The Bertz CT molecular complexity index is 856. The van der Waals surface area contributed by atoms with Crippen molar-refractivity contribution in [2.75, 3.05) is 19.6 Å². The van der Waals surface area contributed by atoms with Crippen molar-refractivity contribution < 1.29 is 18.0 Å². The zero-order valence-electron chi connectivity index (χ0n) is 16.2. The molecule has 0 N–H and O–H groups in total. The van der Waals surface area contributed by atoms with E-state index in [0.29, 0.717) is 19.6 Å².